The molecule has 0 aliphatic carbocycles. The Hall–Kier alpha value is -1.77. The molecule has 0 amide bonds. The van der Waals surface area contributed by atoms with Gasteiger partial charge in [-0.25, -0.2) is 0 Å². The molecule has 92 valence electrons. The quantitative estimate of drug-likeness (QED) is 0.851. The van der Waals surface area contributed by atoms with Gasteiger partial charge in [-0.05, 0) is 49.6 Å². The maximum absolute atomic E-state index is 10.4. The predicted octanol–water partition coefficient (Wildman–Crippen LogP) is 3.19. The van der Waals surface area contributed by atoms with Gasteiger partial charge in [-0.3, -0.25) is 4.79 Å². The van der Waals surface area contributed by atoms with Gasteiger partial charge in [0.15, 0.2) is 0 Å². The topological polar surface area (TPSA) is 46.5 Å². The number of ether oxygens (including phenoxy) is 1. The van der Waals surface area contributed by atoms with Crippen molar-refractivity contribution < 1.29 is 14.6 Å². The molecule has 0 aliphatic heterocycles. The van der Waals surface area contributed by atoms with Crippen molar-refractivity contribution in [1.29, 1.82) is 0 Å². The lowest BCUT2D eigenvalue weighted by Crippen LogP contribution is -1.96. The predicted molar refractivity (Wildman–Crippen MR) is 68.4 cm³/mol. The molecule has 1 aromatic rings. The maximum Gasteiger partial charge on any atom is 0.307 e. The molecule has 1 N–H and O–H groups in total. The van der Waals surface area contributed by atoms with Crippen LogP contribution in [0.4, 0.5) is 0 Å². The number of rotatable bonds is 5. The van der Waals surface area contributed by atoms with Crippen molar-refractivity contribution in [2.45, 2.75) is 27.2 Å². The minimum Gasteiger partial charge on any atom is -0.494 e. The Balaban J connectivity index is 2.91. The number of hydrogen-bond donors (Lipinski definition) is 1. The average molecular weight is 234 g/mol. The number of benzene rings is 1. The molecule has 1 aromatic carbocycles. The summed E-state index contributed by atoms with van der Waals surface area (Å²) in [6, 6.07) is 4.00. The molecule has 3 nitrogen and oxygen atoms in total. The molecule has 0 aromatic heterocycles. The monoisotopic (exact) mass is 234 g/mol. The van der Waals surface area contributed by atoms with Gasteiger partial charge in [0.05, 0.1) is 13.0 Å². The fourth-order valence-electron chi connectivity index (χ4n) is 1.59. The zero-order valence-corrected chi connectivity index (χ0v) is 10.5. The molecule has 0 saturated carbocycles. The van der Waals surface area contributed by atoms with Crippen molar-refractivity contribution in [1.82, 2.24) is 0 Å². The van der Waals surface area contributed by atoms with Crippen molar-refractivity contribution in [3.8, 4) is 5.75 Å². The first-order valence-corrected chi connectivity index (χ1v) is 5.67. The molecule has 1 rings (SSSR count). The van der Waals surface area contributed by atoms with Crippen LogP contribution in [-0.2, 0) is 4.79 Å². The Morgan fingerprint density at radius 2 is 2.06 bits per heavy atom. The summed E-state index contributed by atoms with van der Waals surface area (Å²) in [5.41, 5.74) is 3.18. The van der Waals surface area contributed by atoms with Crippen LogP contribution in [-0.4, -0.2) is 17.7 Å². The highest BCUT2D eigenvalue weighted by Crippen LogP contribution is 2.23. The van der Waals surface area contributed by atoms with E-state index >= 15 is 0 Å². The SMILES string of the molecule is CCOc1cc(C)c(/C=C/CC(=O)O)cc1C. The molecule has 0 heterocycles. The molecule has 0 bridgehead atoms. The van der Waals surface area contributed by atoms with Crippen LogP contribution >= 0.6 is 0 Å². The van der Waals surface area contributed by atoms with E-state index < -0.39 is 5.97 Å². The van der Waals surface area contributed by atoms with Crippen LogP contribution < -0.4 is 4.74 Å². The second kappa shape index (κ2) is 6.09. The number of aryl methyl sites for hydroxylation is 2. The molecule has 0 aliphatic rings. The van der Waals surface area contributed by atoms with Crippen LogP contribution in [0.25, 0.3) is 6.08 Å². The number of carboxylic acid groups (broad SMARTS) is 1. The van der Waals surface area contributed by atoms with E-state index in [4.69, 9.17) is 9.84 Å². The Labute approximate surface area is 102 Å². The highest BCUT2D eigenvalue weighted by Gasteiger charge is 2.03. The van der Waals surface area contributed by atoms with Crippen LogP contribution in [0.1, 0.15) is 30.0 Å². The van der Waals surface area contributed by atoms with Gasteiger partial charge in [0.25, 0.3) is 0 Å². The molecule has 17 heavy (non-hydrogen) atoms. The highest BCUT2D eigenvalue weighted by atomic mass is 16.5. The smallest absolute Gasteiger partial charge is 0.307 e. The fraction of sp³-hybridized carbons (Fsp3) is 0.357. The Morgan fingerprint density at radius 3 is 2.65 bits per heavy atom. The van der Waals surface area contributed by atoms with Crippen LogP contribution in [0.5, 0.6) is 5.75 Å². The largest absolute Gasteiger partial charge is 0.494 e. The Bertz CT molecular complexity index is 433. The molecule has 0 spiro atoms. The van der Waals surface area contributed by atoms with Gasteiger partial charge in [0.1, 0.15) is 5.75 Å². The average Bonchev–Trinajstić information content (AvgIpc) is 2.24. The number of carboxylic acids is 1. The molecule has 0 unspecified atom stereocenters. The van der Waals surface area contributed by atoms with Gasteiger partial charge in [-0.15, -0.1) is 0 Å². The molecule has 0 fully saturated rings. The zero-order chi connectivity index (χ0) is 12.8. The molecular formula is C14H18O3. The third-order valence-electron chi connectivity index (χ3n) is 2.45. The van der Waals surface area contributed by atoms with E-state index in [1.165, 1.54) is 0 Å². The normalized spacial score (nSPS) is 10.8. The van der Waals surface area contributed by atoms with Crippen molar-refractivity contribution in [3.05, 3.63) is 34.9 Å². The summed E-state index contributed by atoms with van der Waals surface area (Å²) < 4.78 is 5.50. The second-order valence-electron chi connectivity index (χ2n) is 3.91. The molecule has 0 radical (unpaired) electrons. The van der Waals surface area contributed by atoms with Crippen molar-refractivity contribution >= 4 is 12.0 Å². The fourth-order valence-corrected chi connectivity index (χ4v) is 1.59. The summed E-state index contributed by atoms with van der Waals surface area (Å²) in [4.78, 5) is 10.4. The Kier molecular flexibility index (Phi) is 4.76. The minimum atomic E-state index is -0.818. The first-order valence-electron chi connectivity index (χ1n) is 5.67. The molecular weight excluding hydrogens is 216 g/mol. The van der Waals surface area contributed by atoms with Gasteiger partial charge in [0.2, 0.25) is 0 Å². The number of hydrogen-bond acceptors (Lipinski definition) is 2. The molecule has 3 heteroatoms. The summed E-state index contributed by atoms with van der Waals surface area (Å²) in [6.45, 7) is 6.57. The summed E-state index contributed by atoms with van der Waals surface area (Å²) >= 11 is 0. The van der Waals surface area contributed by atoms with Crippen molar-refractivity contribution in [2.75, 3.05) is 6.61 Å². The maximum atomic E-state index is 10.4. The standard InChI is InChI=1S/C14H18O3/c1-4-17-13-9-10(2)12(8-11(13)3)6-5-7-14(15)16/h5-6,8-9H,4,7H2,1-3H3,(H,15,16)/b6-5+. The van der Waals surface area contributed by atoms with Crippen LogP contribution in [0, 0.1) is 13.8 Å². The summed E-state index contributed by atoms with van der Waals surface area (Å²) in [5.74, 6) is 0.0712. The van der Waals surface area contributed by atoms with E-state index in [-0.39, 0.29) is 6.42 Å². The summed E-state index contributed by atoms with van der Waals surface area (Å²) in [5, 5.41) is 8.56. The first kappa shape index (κ1) is 13.3. The lowest BCUT2D eigenvalue weighted by atomic mass is 10.0. The Morgan fingerprint density at radius 1 is 1.35 bits per heavy atom. The number of aliphatic carboxylic acids is 1. The van der Waals surface area contributed by atoms with Gasteiger partial charge >= 0.3 is 5.97 Å². The molecule has 0 atom stereocenters. The summed E-state index contributed by atoms with van der Waals surface area (Å²) in [6.07, 6.45) is 3.54. The van der Waals surface area contributed by atoms with E-state index in [2.05, 4.69) is 0 Å². The van der Waals surface area contributed by atoms with Crippen LogP contribution in [0.15, 0.2) is 18.2 Å². The van der Waals surface area contributed by atoms with Crippen LogP contribution in [0.3, 0.4) is 0 Å². The second-order valence-corrected chi connectivity index (χ2v) is 3.91. The summed E-state index contributed by atoms with van der Waals surface area (Å²) in [7, 11) is 0. The van der Waals surface area contributed by atoms with E-state index in [1.807, 2.05) is 39.0 Å². The number of carbonyl (C=O) groups is 1. The minimum absolute atomic E-state index is 0.0473. The molecule has 0 saturated heterocycles. The van der Waals surface area contributed by atoms with E-state index in [9.17, 15) is 4.79 Å². The van der Waals surface area contributed by atoms with Gasteiger partial charge in [0, 0.05) is 0 Å². The van der Waals surface area contributed by atoms with Gasteiger partial charge in [-0.2, -0.15) is 0 Å². The van der Waals surface area contributed by atoms with Gasteiger partial charge < -0.3 is 9.84 Å². The van der Waals surface area contributed by atoms with Crippen molar-refractivity contribution in [3.63, 3.8) is 0 Å². The third kappa shape index (κ3) is 3.94. The third-order valence-corrected chi connectivity index (χ3v) is 2.45. The van der Waals surface area contributed by atoms with Crippen molar-refractivity contribution in [2.24, 2.45) is 0 Å². The highest BCUT2D eigenvalue weighted by molar-refractivity contribution is 5.70. The first-order chi connectivity index (χ1) is 8.04. The lowest BCUT2D eigenvalue weighted by molar-refractivity contribution is -0.135. The lowest BCUT2D eigenvalue weighted by Gasteiger charge is -2.10. The van der Waals surface area contributed by atoms with E-state index in [1.54, 1.807) is 6.08 Å². The van der Waals surface area contributed by atoms with Gasteiger partial charge in [-0.1, -0.05) is 12.2 Å². The van der Waals surface area contributed by atoms with E-state index in [0.29, 0.717) is 6.61 Å². The van der Waals surface area contributed by atoms with Crippen LogP contribution in [0.2, 0.25) is 0 Å². The zero-order valence-electron chi connectivity index (χ0n) is 10.5. The van der Waals surface area contributed by atoms with E-state index in [0.717, 1.165) is 22.4 Å².